The Balaban J connectivity index is 1.58. The Kier molecular flexibility index (Phi) is 5.63. The summed E-state index contributed by atoms with van der Waals surface area (Å²) in [7, 11) is 1.62. The first kappa shape index (κ1) is 19.2. The Hall–Kier alpha value is -3.11. The highest BCUT2D eigenvalue weighted by molar-refractivity contribution is 6.06. The molecule has 1 aliphatic rings. The van der Waals surface area contributed by atoms with E-state index in [-0.39, 0.29) is 17.9 Å². The van der Waals surface area contributed by atoms with E-state index in [1.807, 2.05) is 72.8 Å². The number of rotatable bonds is 7. The molecule has 1 heterocycles. The summed E-state index contributed by atoms with van der Waals surface area (Å²) in [5, 5.41) is 11.1. The third-order valence-corrected chi connectivity index (χ3v) is 5.62. The topological polar surface area (TPSA) is 49.8 Å². The number of carbonyl (C=O) groups excluding carboxylic acids is 1. The minimum atomic E-state index is -0.625. The molecule has 3 atom stereocenters. The molecular weight excluding hydrogens is 362 g/mol. The fraction of sp³-hybridized carbons (Fsp3) is 0.240. The normalized spacial score (nSPS) is 19.5. The average Bonchev–Trinajstić information content (AvgIpc) is 2.77. The summed E-state index contributed by atoms with van der Waals surface area (Å²) in [6.07, 6.45) is 0.739. The Morgan fingerprint density at radius 1 is 0.931 bits per heavy atom. The molecule has 0 aromatic heterocycles. The van der Waals surface area contributed by atoms with E-state index in [1.165, 1.54) is 5.56 Å². The number of nitrogens with zero attached hydrogens (tertiary/aromatic N) is 1. The van der Waals surface area contributed by atoms with Gasteiger partial charge in [-0.25, -0.2) is 0 Å². The molecule has 148 valence electrons. The monoisotopic (exact) mass is 387 g/mol. The molecule has 1 fully saturated rings. The van der Waals surface area contributed by atoms with E-state index in [0.717, 1.165) is 23.4 Å². The second-order valence-electron chi connectivity index (χ2n) is 7.38. The molecular formula is C25H25NO3. The average molecular weight is 387 g/mol. The Morgan fingerprint density at radius 2 is 1.55 bits per heavy atom. The maximum absolute atomic E-state index is 13.1. The summed E-state index contributed by atoms with van der Waals surface area (Å²) >= 11 is 0. The highest BCUT2D eigenvalue weighted by atomic mass is 16.5. The van der Waals surface area contributed by atoms with Gasteiger partial charge in [-0.15, -0.1) is 0 Å². The van der Waals surface area contributed by atoms with E-state index >= 15 is 0 Å². The second kappa shape index (κ2) is 8.50. The van der Waals surface area contributed by atoms with E-state index in [4.69, 9.17) is 4.74 Å². The van der Waals surface area contributed by atoms with Gasteiger partial charge in [0.2, 0.25) is 5.91 Å². The number of anilines is 1. The van der Waals surface area contributed by atoms with Crippen LogP contribution in [0.25, 0.3) is 0 Å². The van der Waals surface area contributed by atoms with Gasteiger partial charge in [-0.3, -0.25) is 4.79 Å². The molecule has 0 spiro atoms. The van der Waals surface area contributed by atoms with Crippen molar-refractivity contribution in [1.82, 2.24) is 0 Å². The van der Waals surface area contributed by atoms with Crippen molar-refractivity contribution in [2.75, 3.05) is 12.0 Å². The molecule has 3 aromatic carbocycles. The molecule has 0 aliphatic carbocycles. The molecule has 4 rings (SSSR count). The molecule has 0 radical (unpaired) electrons. The summed E-state index contributed by atoms with van der Waals surface area (Å²) in [5.41, 5.74) is 2.92. The van der Waals surface area contributed by atoms with Crippen molar-refractivity contribution in [2.45, 2.75) is 30.9 Å². The maximum atomic E-state index is 13.1. The van der Waals surface area contributed by atoms with Crippen LogP contribution in [0.2, 0.25) is 0 Å². The Bertz CT molecular complexity index is 941. The van der Waals surface area contributed by atoms with Crippen LogP contribution >= 0.6 is 0 Å². The number of benzene rings is 3. The molecule has 29 heavy (non-hydrogen) atoms. The van der Waals surface area contributed by atoms with E-state index in [0.29, 0.717) is 6.42 Å². The fourth-order valence-corrected chi connectivity index (χ4v) is 4.07. The van der Waals surface area contributed by atoms with Crippen LogP contribution in [-0.2, 0) is 11.2 Å². The predicted molar refractivity (Wildman–Crippen MR) is 114 cm³/mol. The van der Waals surface area contributed by atoms with E-state index in [9.17, 15) is 9.90 Å². The smallest absolute Gasteiger partial charge is 0.237 e. The van der Waals surface area contributed by atoms with Crippen LogP contribution < -0.4 is 9.64 Å². The summed E-state index contributed by atoms with van der Waals surface area (Å²) in [6.45, 7) is 0. The molecule has 1 N–H and O–H groups in total. The van der Waals surface area contributed by atoms with Crippen LogP contribution in [0.3, 0.4) is 0 Å². The molecule has 1 aliphatic heterocycles. The number of aliphatic hydroxyl groups is 1. The lowest BCUT2D eigenvalue weighted by atomic mass is 9.77. The SMILES string of the molecule is COc1ccc([C@H]2C(=O)N(c3ccccc3)[C@@H]2[C@H](O)CCc2ccccc2)cc1. The molecule has 1 saturated heterocycles. The minimum Gasteiger partial charge on any atom is -0.497 e. The number of carbonyl (C=O) groups is 1. The third kappa shape index (κ3) is 3.89. The van der Waals surface area contributed by atoms with Gasteiger partial charge in [-0.2, -0.15) is 0 Å². The van der Waals surface area contributed by atoms with Crippen LogP contribution in [0.4, 0.5) is 5.69 Å². The van der Waals surface area contributed by atoms with Crippen LogP contribution in [0.5, 0.6) is 5.75 Å². The highest BCUT2D eigenvalue weighted by Crippen LogP contribution is 2.42. The summed E-state index contributed by atoms with van der Waals surface area (Å²) in [5.74, 6) is 0.415. The zero-order valence-corrected chi connectivity index (χ0v) is 16.4. The fourth-order valence-electron chi connectivity index (χ4n) is 4.07. The maximum Gasteiger partial charge on any atom is 0.237 e. The first-order valence-corrected chi connectivity index (χ1v) is 9.93. The number of para-hydroxylation sites is 1. The van der Waals surface area contributed by atoms with Crippen molar-refractivity contribution in [3.8, 4) is 5.75 Å². The van der Waals surface area contributed by atoms with Crippen molar-refractivity contribution in [3.63, 3.8) is 0 Å². The zero-order chi connectivity index (χ0) is 20.2. The summed E-state index contributed by atoms with van der Waals surface area (Å²) < 4.78 is 5.23. The number of methoxy groups -OCH3 is 1. The van der Waals surface area contributed by atoms with Crippen LogP contribution in [0.15, 0.2) is 84.9 Å². The number of amides is 1. The third-order valence-electron chi connectivity index (χ3n) is 5.62. The van der Waals surface area contributed by atoms with Crippen molar-refractivity contribution < 1.29 is 14.6 Å². The van der Waals surface area contributed by atoms with Gasteiger partial charge in [0.25, 0.3) is 0 Å². The predicted octanol–water partition coefficient (Wildman–Crippen LogP) is 4.19. The van der Waals surface area contributed by atoms with Gasteiger partial charge in [0, 0.05) is 5.69 Å². The van der Waals surface area contributed by atoms with Gasteiger partial charge in [0.05, 0.1) is 25.2 Å². The lowest BCUT2D eigenvalue weighted by Crippen LogP contribution is -2.64. The molecule has 4 nitrogen and oxygen atoms in total. The molecule has 3 aromatic rings. The van der Waals surface area contributed by atoms with Crippen LogP contribution in [0.1, 0.15) is 23.5 Å². The van der Waals surface area contributed by atoms with Crippen LogP contribution in [0, 0.1) is 0 Å². The van der Waals surface area contributed by atoms with E-state index < -0.39 is 6.10 Å². The molecule has 0 saturated carbocycles. The van der Waals surface area contributed by atoms with Gasteiger partial charge in [0.15, 0.2) is 0 Å². The van der Waals surface area contributed by atoms with Crippen molar-refractivity contribution in [2.24, 2.45) is 0 Å². The number of hydrogen-bond acceptors (Lipinski definition) is 3. The molecule has 1 amide bonds. The van der Waals surface area contributed by atoms with Crippen molar-refractivity contribution in [3.05, 3.63) is 96.1 Å². The van der Waals surface area contributed by atoms with E-state index in [1.54, 1.807) is 12.0 Å². The van der Waals surface area contributed by atoms with Gasteiger partial charge >= 0.3 is 0 Å². The number of hydrogen-bond donors (Lipinski definition) is 1. The lowest BCUT2D eigenvalue weighted by Gasteiger charge is -2.49. The minimum absolute atomic E-state index is 0.0186. The zero-order valence-electron chi connectivity index (χ0n) is 16.4. The Morgan fingerprint density at radius 3 is 2.17 bits per heavy atom. The first-order valence-electron chi connectivity index (χ1n) is 9.93. The van der Waals surface area contributed by atoms with Gasteiger partial charge in [-0.1, -0.05) is 60.7 Å². The van der Waals surface area contributed by atoms with Gasteiger partial charge < -0.3 is 14.7 Å². The second-order valence-corrected chi connectivity index (χ2v) is 7.38. The van der Waals surface area contributed by atoms with Crippen LogP contribution in [-0.4, -0.2) is 30.3 Å². The van der Waals surface area contributed by atoms with Gasteiger partial charge in [0.1, 0.15) is 5.75 Å². The lowest BCUT2D eigenvalue weighted by molar-refractivity contribution is -0.129. The van der Waals surface area contributed by atoms with Crippen molar-refractivity contribution >= 4 is 11.6 Å². The molecule has 0 unspecified atom stereocenters. The molecule has 0 bridgehead atoms. The van der Waals surface area contributed by atoms with Gasteiger partial charge in [-0.05, 0) is 48.2 Å². The number of β-lactam (4-membered cyclic amide) rings is 1. The number of aliphatic hydroxyl groups excluding tert-OH is 1. The Labute approximate surface area is 171 Å². The molecule has 4 heteroatoms. The quantitative estimate of drug-likeness (QED) is 0.619. The van der Waals surface area contributed by atoms with Crippen molar-refractivity contribution in [1.29, 1.82) is 0 Å². The standard InChI is InChI=1S/C25H25NO3/c1-29-21-15-13-19(14-16-21)23-24(22(27)17-12-18-8-4-2-5-9-18)26(25(23)28)20-10-6-3-7-11-20/h2-11,13-16,22-24,27H,12,17H2,1H3/t22-,23-,24-/m1/s1. The number of aryl methyl sites for hydroxylation is 1. The highest BCUT2D eigenvalue weighted by Gasteiger charge is 2.51. The number of ether oxygens (including phenoxy) is 1. The summed E-state index contributed by atoms with van der Waals surface area (Å²) in [4.78, 5) is 14.8. The summed E-state index contributed by atoms with van der Waals surface area (Å²) in [6, 6.07) is 27.0. The van der Waals surface area contributed by atoms with E-state index in [2.05, 4.69) is 12.1 Å². The first-order chi connectivity index (χ1) is 14.2. The largest absolute Gasteiger partial charge is 0.497 e.